The van der Waals surface area contributed by atoms with E-state index in [4.69, 9.17) is 13.9 Å². The van der Waals surface area contributed by atoms with E-state index >= 15 is 0 Å². The lowest BCUT2D eigenvalue weighted by Gasteiger charge is -2.34. The third kappa shape index (κ3) is 4.73. The number of rotatable bonds is 7. The molecular weight excluding hydrogens is 436 g/mol. The van der Waals surface area contributed by atoms with Crippen molar-refractivity contribution in [3.8, 4) is 23.0 Å². The predicted molar refractivity (Wildman–Crippen MR) is 114 cm³/mol. The fourth-order valence-corrected chi connectivity index (χ4v) is 4.73. The first-order valence-corrected chi connectivity index (χ1v) is 11.3. The molecule has 1 aromatic heterocycles. The first kappa shape index (κ1) is 21.8. The highest BCUT2D eigenvalue weighted by Crippen LogP contribution is 2.22. The summed E-state index contributed by atoms with van der Waals surface area (Å²) in [4.78, 5) is 14.3. The highest BCUT2D eigenvalue weighted by molar-refractivity contribution is 7.89. The van der Waals surface area contributed by atoms with Crippen molar-refractivity contribution in [1.29, 1.82) is 0 Å². The smallest absolute Gasteiger partial charge is 0.260 e. The SMILES string of the molecule is COc1ccc(S(=O)(=O)N2CCN(C(=O)COc3ccc(-c4nnco4)cc3)CC2)cc1. The Morgan fingerprint density at radius 2 is 1.66 bits per heavy atom. The third-order valence-corrected chi connectivity index (χ3v) is 7.03. The molecule has 4 rings (SSSR count). The van der Waals surface area contributed by atoms with Crippen molar-refractivity contribution < 1.29 is 27.1 Å². The molecule has 1 amide bonds. The quantitative estimate of drug-likeness (QED) is 0.525. The van der Waals surface area contributed by atoms with Gasteiger partial charge in [-0.05, 0) is 48.5 Å². The number of ether oxygens (including phenoxy) is 2. The summed E-state index contributed by atoms with van der Waals surface area (Å²) in [5.74, 6) is 1.31. The summed E-state index contributed by atoms with van der Waals surface area (Å²) in [7, 11) is -2.10. The van der Waals surface area contributed by atoms with E-state index in [9.17, 15) is 13.2 Å². The molecule has 10 nitrogen and oxygen atoms in total. The van der Waals surface area contributed by atoms with Gasteiger partial charge >= 0.3 is 0 Å². The molecule has 1 fully saturated rings. The minimum absolute atomic E-state index is 0.134. The second kappa shape index (κ2) is 9.37. The van der Waals surface area contributed by atoms with Crippen molar-refractivity contribution in [2.75, 3.05) is 39.9 Å². The molecule has 0 unspecified atom stereocenters. The molecule has 0 radical (unpaired) electrons. The van der Waals surface area contributed by atoms with Crippen LogP contribution in [0.1, 0.15) is 0 Å². The van der Waals surface area contributed by atoms with Gasteiger partial charge in [0.15, 0.2) is 6.61 Å². The minimum atomic E-state index is -3.62. The normalized spacial score (nSPS) is 14.8. The molecule has 0 atom stereocenters. The maximum absolute atomic E-state index is 12.8. The molecule has 1 saturated heterocycles. The molecule has 32 heavy (non-hydrogen) atoms. The summed E-state index contributed by atoms with van der Waals surface area (Å²) in [6.07, 6.45) is 1.25. The van der Waals surface area contributed by atoms with Crippen molar-refractivity contribution in [3.05, 3.63) is 54.9 Å². The Labute approximate surface area is 185 Å². The zero-order valence-electron chi connectivity index (χ0n) is 17.4. The Hall–Kier alpha value is -3.44. The van der Waals surface area contributed by atoms with Gasteiger partial charge in [-0.1, -0.05) is 0 Å². The van der Waals surface area contributed by atoms with Gasteiger partial charge in [-0.3, -0.25) is 4.79 Å². The van der Waals surface area contributed by atoms with E-state index in [1.165, 1.54) is 29.9 Å². The zero-order chi connectivity index (χ0) is 22.6. The lowest BCUT2D eigenvalue weighted by molar-refractivity contribution is -0.134. The Balaban J connectivity index is 1.28. The molecule has 0 aliphatic carbocycles. The van der Waals surface area contributed by atoms with Crippen LogP contribution in [0.25, 0.3) is 11.5 Å². The second-order valence-corrected chi connectivity index (χ2v) is 8.96. The molecular formula is C21H22N4O6S. The van der Waals surface area contributed by atoms with E-state index in [2.05, 4.69) is 10.2 Å². The fraction of sp³-hybridized carbons (Fsp3) is 0.286. The number of nitrogens with zero attached hydrogens (tertiary/aromatic N) is 4. The van der Waals surface area contributed by atoms with Crippen molar-refractivity contribution >= 4 is 15.9 Å². The fourth-order valence-electron chi connectivity index (χ4n) is 3.30. The predicted octanol–water partition coefficient (Wildman–Crippen LogP) is 1.66. The average Bonchev–Trinajstić information content (AvgIpc) is 3.38. The number of amides is 1. The second-order valence-electron chi connectivity index (χ2n) is 7.02. The number of hydrogen-bond acceptors (Lipinski definition) is 8. The van der Waals surface area contributed by atoms with E-state index in [0.29, 0.717) is 30.5 Å². The molecule has 1 aliphatic rings. The highest BCUT2D eigenvalue weighted by atomic mass is 32.2. The summed E-state index contributed by atoms with van der Waals surface area (Å²) >= 11 is 0. The van der Waals surface area contributed by atoms with Gasteiger partial charge in [0.05, 0.1) is 12.0 Å². The van der Waals surface area contributed by atoms with Crippen LogP contribution in [0.5, 0.6) is 11.5 Å². The van der Waals surface area contributed by atoms with Crippen molar-refractivity contribution in [2.24, 2.45) is 0 Å². The molecule has 11 heteroatoms. The lowest BCUT2D eigenvalue weighted by Crippen LogP contribution is -2.51. The number of piperazine rings is 1. The van der Waals surface area contributed by atoms with Gasteiger partial charge in [0.2, 0.25) is 22.3 Å². The molecule has 168 valence electrons. The molecule has 0 bridgehead atoms. The third-order valence-electron chi connectivity index (χ3n) is 5.11. The van der Waals surface area contributed by atoms with Gasteiger partial charge in [0.1, 0.15) is 11.5 Å². The van der Waals surface area contributed by atoms with Crippen LogP contribution in [0.3, 0.4) is 0 Å². The summed E-state index contributed by atoms with van der Waals surface area (Å²) in [5, 5.41) is 7.46. The van der Waals surface area contributed by atoms with E-state index in [0.717, 1.165) is 5.56 Å². The molecule has 2 heterocycles. The summed E-state index contributed by atoms with van der Waals surface area (Å²) < 4.78 is 42.8. The summed E-state index contributed by atoms with van der Waals surface area (Å²) in [5.41, 5.74) is 0.746. The van der Waals surface area contributed by atoms with Gasteiger partial charge in [-0.15, -0.1) is 10.2 Å². The molecule has 2 aromatic carbocycles. The van der Waals surface area contributed by atoms with Crippen molar-refractivity contribution in [2.45, 2.75) is 4.90 Å². The van der Waals surface area contributed by atoms with E-state index < -0.39 is 10.0 Å². The van der Waals surface area contributed by atoms with Crippen LogP contribution < -0.4 is 9.47 Å². The van der Waals surface area contributed by atoms with Gasteiger partial charge in [0, 0.05) is 31.7 Å². The van der Waals surface area contributed by atoms with Crippen LogP contribution in [0.2, 0.25) is 0 Å². The molecule has 3 aromatic rings. The number of aromatic nitrogens is 2. The Morgan fingerprint density at radius 1 is 1.00 bits per heavy atom. The number of hydrogen-bond donors (Lipinski definition) is 0. The van der Waals surface area contributed by atoms with Crippen LogP contribution in [0, 0.1) is 0 Å². The van der Waals surface area contributed by atoms with E-state index in [-0.39, 0.29) is 30.5 Å². The van der Waals surface area contributed by atoms with E-state index in [1.54, 1.807) is 41.3 Å². The maximum atomic E-state index is 12.8. The van der Waals surface area contributed by atoms with Crippen LogP contribution >= 0.6 is 0 Å². The van der Waals surface area contributed by atoms with Crippen LogP contribution in [-0.4, -0.2) is 73.6 Å². The largest absolute Gasteiger partial charge is 0.497 e. The first-order chi connectivity index (χ1) is 15.5. The maximum Gasteiger partial charge on any atom is 0.260 e. The number of carbonyl (C=O) groups is 1. The van der Waals surface area contributed by atoms with Crippen molar-refractivity contribution in [1.82, 2.24) is 19.4 Å². The monoisotopic (exact) mass is 458 g/mol. The highest BCUT2D eigenvalue weighted by Gasteiger charge is 2.30. The van der Waals surface area contributed by atoms with Crippen LogP contribution in [-0.2, 0) is 14.8 Å². The van der Waals surface area contributed by atoms with Crippen molar-refractivity contribution in [3.63, 3.8) is 0 Å². The standard InChI is InChI=1S/C21H22N4O6S/c1-29-17-6-8-19(9-7-17)32(27,28)25-12-10-24(11-13-25)20(26)14-30-18-4-2-16(3-5-18)21-23-22-15-31-21/h2-9,15H,10-14H2,1H3. The molecule has 1 aliphatic heterocycles. The van der Waals surface area contributed by atoms with Gasteiger partial charge < -0.3 is 18.8 Å². The summed E-state index contributed by atoms with van der Waals surface area (Å²) in [6, 6.07) is 13.2. The molecule has 0 N–H and O–H groups in total. The minimum Gasteiger partial charge on any atom is -0.497 e. The number of benzene rings is 2. The molecule has 0 spiro atoms. The zero-order valence-corrected chi connectivity index (χ0v) is 18.2. The number of sulfonamides is 1. The van der Waals surface area contributed by atoms with Crippen LogP contribution in [0.15, 0.2) is 64.2 Å². The number of carbonyl (C=O) groups excluding carboxylic acids is 1. The summed E-state index contributed by atoms with van der Waals surface area (Å²) in [6.45, 7) is 0.907. The Kier molecular flexibility index (Phi) is 6.37. The Bertz CT molecular complexity index is 1140. The van der Waals surface area contributed by atoms with Gasteiger partial charge in [0.25, 0.3) is 5.91 Å². The Morgan fingerprint density at radius 3 is 2.25 bits per heavy atom. The lowest BCUT2D eigenvalue weighted by atomic mass is 10.2. The van der Waals surface area contributed by atoms with Crippen LogP contribution in [0.4, 0.5) is 0 Å². The average molecular weight is 458 g/mol. The number of methoxy groups -OCH3 is 1. The molecule has 0 saturated carbocycles. The topological polar surface area (TPSA) is 115 Å². The van der Waals surface area contributed by atoms with Gasteiger partial charge in [-0.25, -0.2) is 8.42 Å². The first-order valence-electron chi connectivity index (χ1n) is 9.89. The van der Waals surface area contributed by atoms with Gasteiger partial charge in [-0.2, -0.15) is 4.31 Å². The van der Waals surface area contributed by atoms with E-state index in [1.807, 2.05) is 0 Å².